The molecule has 2 atom stereocenters. The van der Waals surface area contributed by atoms with Gasteiger partial charge in [0.2, 0.25) is 0 Å². The number of fused-ring (bicyclic) bond motifs is 2. The average Bonchev–Trinajstić information content (AvgIpc) is 2.34. The Morgan fingerprint density at radius 2 is 1.85 bits per heavy atom. The molecule has 2 fully saturated rings. The van der Waals surface area contributed by atoms with E-state index in [1.54, 1.807) is 0 Å². The van der Waals surface area contributed by atoms with Crippen molar-refractivity contribution in [3.63, 3.8) is 0 Å². The summed E-state index contributed by atoms with van der Waals surface area (Å²) in [4.78, 5) is 10.8. The normalized spacial score (nSPS) is 37.5. The summed E-state index contributed by atoms with van der Waals surface area (Å²) in [6.45, 7) is 0. The molecule has 2 N–H and O–H groups in total. The molecular weight excluding hydrogens is 170 g/mol. The van der Waals surface area contributed by atoms with E-state index in [9.17, 15) is 4.79 Å². The van der Waals surface area contributed by atoms with E-state index in [1.165, 1.54) is 0 Å². The van der Waals surface area contributed by atoms with Crippen LogP contribution < -0.4 is 0 Å². The third-order valence-corrected chi connectivity index (χ3v) is 3.30. The van der Waals surface area contributed by atoms with Gasteiger partial charge in [-0.15, -0.1) is 0 Å². The van der Waals surface area contributed by atoms with E-state index in [4.69, 9.17) is 10.3 Å². The molecule has 13 heavy (non-hydrogen) atoms. The summed E-state index contributed by atoms with van der Waals surface area (Å²) in [5, 5.41) is 20.9. The van der Waals surface area contributed by atoms with Gasteiger partial charge in [0.1, 0.15) is 0 Å². The lowest BCUT2D eigenvalue weighted by Gasteiger charge is -2.25. The van der Waals surface area contributed by atoms with E-state index in [-0.39, 0.29) is 17.8 Å². The summed E-state index contributed by atoms with van der Waals surface area (Å²) in [6, 6.07) is 0. The molecule has 0 spiro atoms. The van der Waals surface area contributed by atoms with Gasteiger partial charge >= 0.3 is 5.97 Å². The topological polar surface area (TPSA) is 69.9 Å². The molecule has 2 unspecified atom stereocenters. The number of oxime groups is 1. The average molecular weight is 183 g/mol. The van der Waals surface area contributed by atoms with Gasteiger partial charge < -0.3 is 10.3 Å². The Bertz CT molecular complexity index is 246. The highest BCUT2D eigenvalue weighted by molar-refractivity contribution is 5.92. The maximum atomic E-state index is 10.8. The van der Waals surface area contributed by atoms with Crippen LogP contribution in [0.1, 0.15) is 25.7 Å². The van der Waals surface area contributed by atoms with Crippen molar-refractivity contribution in [1.82, 2.24) is 0 Å². The number of nitrogens with zero attached hydrogens (tertiary/aromatic N) is 1. The van der Waals surface area contributed by atoms with E-state index in [0.717, 1.165) is 18.6 Å². The number of carbonyl (C=O) groups is 1. The monoisotopic (exact) mass is 183 g/mol. The molecule has 0 aromatic carbocycles. The smallest absolute Gasteiger partial charge is 0.306 e. The second-order valence-corrected chi connectivity index (χ2v) is 4.00. The Morgan fingerprint density at radius 3 is 2.23 bits per heavy atom. The number of hydrogen-bond acceptors (Lipinski definition) is 3. The third kappa shape index (κ3) is 1.30. The van der Waals surface area contributed by atoms with E-state index >= 15 is 0 Å². The molecule has 0 aliphatic heterocycles. The summed E-state index contributed by atoms with van der Waals surface area (Å²) in [7, 11) is 0. The van der Waals surface area contributed by atoms with Gasteiger partial charge in [-0.2, -0.15) is 0 Å². The fourth-order valence-electron chi connectivity index (χ4n) is 2.66. The Balaban J connectivity index is 2.15. The highest BCUT2D eigenvalue weighted by Gasteiger charge is 2.42. The minimum atomic E-state index is -0.700. The number of aliphatic carboxylic acids is 1. The van der Waals surface area contributed by atoms with Crippen LogP contribution in [0, 0.1) is 17.8 Å². The zero-order valence-corrected chi connectivity index (χ0v) is 7.31. The Labute approximate surface area is 76.2 Å². The van der Waals surface area contributed by atoms with Crippen molar-refractivity contribution in [1.29, 1.82) is 0 Å². The Kier molecular flexibility index (Phi) is 1.98. The van der Waals surface area contributed by atoms with Crippen LogP contribution in [0.4, 0.5) is 0 Å². The van der Waals surface area contributed by atoms with Gasteiger partial charge in [-0.25, -0.2) is 0 Å². The van der Waals surface area contributed by atoms with Gasteiger partial charge in [0.25, 0.3) is 0 Å². The molecule has 2 saturated carbocycles. The van der Waals surface area contributed by atoms with Crippen LogP contribution in [0.2, 0.25) is 0 Å². The largest absolute Gasteiger partial charge is 0.481 e. The van der Waals surface area contributed by atoms with E-state index in [1.807, 2.05) is 0 Å². The zero-order chi connectivity index (χ0) is 9.42. The minimum absolute atomic E-state index is 0.219. The van der Waals surface area contributed by atoms with Crippen LogP contribution in [0.15, 0.2) is 5.16 Å². The molecule has 0 aromatic heterocycles. The Morgan fingerprint density at radius 1 is 1.31 bits per heavy atom. The van der Waals surface area contributed by atoms with Gasteiger partial charge in [-0.1, -0.05) is 5.16 Å². The van der Waals surface area contributed by atoms with E-state index in [2.05, 4.69) is 5.16 Å². The van der Waals surface area contributed by atoms with Crippen molar-refractivity contribution in [2.45, 2.75) is 25.7 Å². The van der Waals surface area contributed by atoms with Crippen molar-refractivity contribution in [3.8, 4) is 0 Å². The molecule has 2 aliphatic rings. The lowest BCUT2D eigenvalue weighted by molar-refractivity contribution is -0.142. The second-order valence-electron chi connectivity index (χ2n) is 4.00. The SMILES string of the molecule is O=C(O)C1CC2CCC(C1)C2=NO. The van der Waals surface area contributed by atoms with Gasteiger partial charge in [0.15, 0.2) is 0 Å². The summed E-state index contributed by atoms with van der Waals surface area (Å²) < 4.78 is 0. The molecule has 4 nitrogen and oxygen atoms in total. The molecule has 0 saturated heterocycles. The zero-order valence-electron chi connectivity index (χ0n) is 7.31. The van der Waals surface area contributed by atoms with Gasteiger partial charge in [0.05, 0.1) is 11.6 Å². The fourth-order valence-corrected chi connectivity index (χ4v) is 2.66. The van der Waals surface area contributed by atoms with Gasteiger partial charge in [0, 0.05) is 11.8 Å². The fraction of sp³-hybridized carbons (Fsp3) is 0.778. The minimum Gasteiger partial charge on any atom is -0.481 e. The van der Waals surface area contributed by atoms with Crippen LogP contribution in [-0.4, -0.2) is 22.0 Å². The summed E-state index contributed by atoms with van der Waals surface area (Å²) in [6.07, 6.45) is 3.30. The van der Waals surface area contributed by atoms with Crippen LogP contribution >= 0.6 is 0 Å². The highest BCUT2D eigenvalue weighted by Crippen LogP contribution is 2.42. The first kappa shape index (κ1) is 8.53. The van der Waals surface area contributed by atoms with E-state index in [0.29, 0.717) is 12.8 Å². The molecule has 72 valence electrons. The van der Waals surface area contributed by atoms with Crippen molar-refractivity contribution < 1.29 is 15.1 Å². The quantitative estimate of drug-likeness (QED) is 0.476. The Hall–Kier alpha value is -1.06. The maximum Gasteiger partial charge on any atom is 0.306 e. The summed E-state index contributed by atoms with van der Waals surface area (Å²) in [5.74, 6) is -0.466. The predicted molar refractivity (Wildman–Crippen MR) is 45.8 cm³/mol. The second kappa shape index (κ2) is 3.01. The highest BCUT2D eigenvalue weighted by atomic mass is 16.4. The van der Waals surface area contributed by atoms with Crippen molar-refractivity contribution in [3.05, 3.63) is 0 Å². The van der Waals surface area contributed by atoms with Crippen molar-refractivity contribution in [2.75, 3.05) is 0 Å². The first-order valence-electron chi connectivity index (χ1n) is 4.67. The number of hydrogen-bond donors (Lipinski definition) is 2. The molecule has 0 amide bonds. The summed E-state index contributed by atoms with van der Waals surface area (Å²) >= 11 is 0. The molecule has 2 bridgehead atoms. The molecule has 0 heterocycles. The molecule has 2 aliphatic carbocycles. The number of rotatable bonds is 1. The molecule has 0 radical (unpaired) electrons. The van der Waals surface area contributed by atoms with E-state index < -0.39 is 5.97 Å². The number of carboxylic acids is 1. The van der Waals surface area contributed by atoms with Crippen molar-refractivity contribution >= 4 is 11.7 Å². The van der Waals surface area contributed by atoms with Gasteiger partial charge in [-0.3, -0.25) is 4.79 Å². The van der Waals surface area contributed by atoms with Crippen LogP contribution in [-0.2, 0) is 4.79 Å². The lowest BCUT2D eigenvalue weighted by atomic mass is 9.79. The maximum absolute atomic E-state index is 10.8. The van der Waals surface area contributed by atoms with Crippen LogP contribution in [0.5, 0.6) is 0 Å². The molecular formula is C9H13NO3. The first-order valence-corrected chi connectivity index (χ1v) is 4.67. The first-order chi connectivity index (χ1) is 6.22. The van der Waals surface area contributed by atoms with Gasteiger partial charge in [-0.05, 0) is 25.7 Å². The molecule has 2 rings (SSSR count). The molecule has 4 heteroatoms. The molecule has 0 aromatic rings. The van der Waals surface area contributed by atoms with Crippen LogP contribution in [0.25, 0.3) is 0 Å². The predicted octanol–water partition coefficient (Wildman–Crippen LogP) is 1.34. The standard InChI is InChI=1S/C9H13NO3/c11-9(12)7-3-5-1-2-6(4-7)8(5)10-13/h5-7,13H,1-4H2,(H,11,12). The van der Waals surface area contributed by atoms with Crippen LogP contribution in [0.3, 0.4) is 0 Å². The third-order valence-electron chi connectivity index (χ3n) is 3.30. The number of carboxylic acid groups (broad SMARTS) is 1. The summed E-state index contributed by atoms with van der Waals surface area (Å²) in [5.41, 5.74) is 0.845. The lowest BCUT2D eigenvalue weighted by Crippen LogP contribution is -2.30. The van der Waals surface area contributed by atoms with Crippen molar-refractivity contribution in [2.24, 2.45) is 22.9 Å².